The minimum Gasteiger partial charge on any atom is -0.507 e. The number of piperazine rings is 1. The first-order valence-corrected chi connectivity index (χ1v) is 10.4. The molecule has 1 aromatic heterocycles. The van der Waals surface area contributed by atoms with Crippen molar-refractivity contribution in [1.29, 1.82) is 0 Å². The number of hydrogen-bond acceptors (Lipinski definition) is 4. The van der Waals surface area contributed by atoms with Gasteiger partial charge in [0.05, 0.1) is 12.0 Å². The topological polar surface area (TPSA) is 73.7 Å². The summed E-state index contributed by atoms with van der Waals surface area (Å²) in [5.74, 6) is -0.210. The lowest BCUT2D eigenvalue weighted by Gasteiger charge is -2.35. The molecule has 1 aliphatic heterocycles. The van der Waals surface area contributed by atoms with E-state index in [0.29, 0.717) is 38.2 Å². The lowest BCUT2D eigenvalue weighted by molar-refractivity contribution is -0.132. The molecule has 0 aliphatic carbocycles. The van der Waals surface area contributed by atoms with Gasteiger partial charge in [-0.2, -0.15) is 0 Å². The molecular formula is C25H25N3O3. The number of amides is 2. The van der Waals surface area contributed by atoms with Crippen molar-refractivity contribution in [1.82, 2.24) is 14.8 Å². The van der Waals surface area contributed by atoms with Crippen molar-refractivity contribution in [3.8, 4) is 5.75 Å². The van der Waals surface area contributed by atoms with Crippen LogP contribution in [0.15, 0.2) is 72.9 Å². The predicted octanol–water partition coefficient (Wildman–Crippen LogP) is 2.91. The van der Waals surface area contributed by atoms with Gasteiger partial charge in [0.2, 0.25) is 5.91 Å². The smallest absolute Gasteiger partial charge is 0.257 e. The number of nitrogens with zero attached hydrogens (tertiary/aromatic N) is 3. The Balaban J connectivity index is 1.38. The van der Waals surface area contributed by atoms with Gasteiger partial charge in [-0.15, -0.1) is 0 Å². The number of pyridine rings is 1. The van der Waals surface area contributed by atoms with E-state index in [1.807, 2.05) is 54.6 Å². The van der Waals surface area contributed by atoms with Crippen LogP contribution in [-0.4, -0.2) is 57.9 Å². The minimum atomic E-state index is -0.204. The van der Waals surface area contributed by atoms with Crippen molar-refractivity contribution in [2.45, 2.75) is 12.8 Å². The molecule has 0 radical (unpaired) electrons. The van der Waals surface area contributed by atoms with Crippen LogP contribution < -0.4 is 0 Å². The van der Waals surface area contributed by atoms with Crippen LogP contribution in [-0.2, 0) is 17.6 Å². The number of rotatable bonds is 5. The fourth-order valence-electron chi connectivity index (χ4n) is 3.79. The maximum absolute atomic E-state index is 13.0. The second kappa shape index (κ2) is 9.43. The highest BCUT2D eigenvalue weighted by Crippen LogP contribution is 2.23. The van der Waals surface area contributed by atoms with Crippen molar-refractivity contribution >= 4 is 11.8 Å². The highest BCUT2D eigenvalue weighted by atomic mass is 16.3. The maximum atomic E-state index is 13.0. The molecule has 0 saturated carbocycles. The number of aromatic hydroxyl groups is 1. The van der Waals surface area contributed by atoms with Crippen LogP contribution >= 0.6 is 0 Å². The maximum Gasteiger partial charge on any atom is 0.257 e. The van der Waals surface area contributed by atoms with E-state index in [-0.39, 0.29) is 24.0 Å². The molecule has 3 aromatic rings. The van der Waals surface area contributed by atoms with E-state index in [9.17, 15) is 14.7 Å². The van der Waals surface area contributed by atoms with Crippen LogP contribution in [0.25, 0.3) is 0 Å². The molecule has 6 heteroatoms. The lowest BCUT2D eigenvalue weighted by atomic mass is 10.0. The van der Waals surface area contributed by atoms with Crippen molar-refractivity contribution in [2.75, 3.05) is 26.2 Å². The molecular weight excluding hydrogens is 390 g/mol. The van der Waals surface area contributed by atoms with Crippen LogP contribution in [0.2, 0.25) is 0 Å². The summed E-state index contributed by atoms with van der Waals surface area (Å²) in [7, 11) is 0. The molecule has 2 heterocycles. The molecule has 2 aromatic carbocycles. The molecule has 0 spiro atoms. The number of phenols is 1. The van der Waals surface area contributed by atoms with Crippen molar-refractivity contribution in [3.05, 3.63) is 95.3 Å². The van der Waals surface area contributed by atoms with Crippen molar-refractivity contribution in [3.63, 3.8) is 0 Å². The molecule has 1 saturated heterocycles. The molecule has 31 heavy (non-hydrogen) atoms. The first kappa shape index (κ1) is 20.6. The Morgan fingerprint density at radius 2 is 1.55 bits per heavy atom. The Kier molecular flexibility index (Phi) is 6.26. The van der Waals surface area contributed by atoms with Gasteiger partial charge in [-0.3, -0.25) is 14.6 Å². The summed E-state index contributed by atoms with van der Waals surface area (Å²) in [4.78, 5) is 33.2. The third-order valence-corrected chi connectivity index (χ3v) is 5.52. The Labute approximate surface area is 181 Å². The number of phenolic OH excluding ortho intramolecular Hbond substituents is 1. The van der Waals surface area contributed by atoms with Gasteiger partial charge >= 0.3 is 0 Å². The van der Waals surface area contributed by atoms with Crippen LogP contribution in [0.1, 0.15) is 27.2 Å². The van der Waals surface area contributed by atoms with E-state index in [2.05, 4.69) is 4.98 Å². The molecule has 0 atom stereocenters. The van der Waals surface area contributed by atoms with Gasteiger partial charge in [0.25, 0.3) is 5.91 Å². The zero-order chi connectivity index (χ0) is 21.6. The van der Waals surface area contributed by atoms with Gasteiger partial charge in [-0.1, -0.05) is 42.5 Å². The van der Waals surface area contributed by atoms with Crippen molar-refractivity contribution < 1.29 is 14.7 Å². The van der Waals surface area contributed by atoms with Gasteiger partial charge in [0.15, 0.2) is 0 Å². The second-order valence-corrected chi connectivity index (χ2v) is 7.68. The van der Waals surface area contributed by atoms with Crippen LogP contribution in [0.5, 0.6) is 5.75 Å². The normalized spacial score (nSPS) is 13.8. The summed E-state index contributed by atoms with van der Waals surface area (Å²) >= 11 is 0. The Hall–Kier alpha value is -3.67. The number of carbonyl (C=O) groups is 2. The predicted molar refractivity (Wildman–Crippen MR) is 118 cm³/mol. The zero-order valence-electron chi connectivity index (χ0n) is 17.3. The summed E-state index contributed by atoms with van der Waals surface area (Å²) < 4.78 is 0. The first-order valence-electron chi connectivity index (χ1n) is 10.4. The zero-order valence-corrected chi connectivity index (χ0v) is 17.3. The van der Waals surface area contributed by atoms with Crippen LogP contribution in [0, 0.1) is 0 Å². The van der Waals surface area contributed by atoms with E-state index in [0.717, 1.165) is 16.8 Å². The van der Waals surface area contributed by atoms with Gasteiger partial charge in [-0.05, 0) is 41.8 Å². The summed E-state index contributed by atoms with van der Waals surface area (Å²) in [5.41, 5.74) is 3.16. The second-order valence-electron chi connectivity index (χ2n) is 7.68. The summed E-state index contributed by atoms with van der Waals surface area (Å²) in [5, 5.41) is 10.3. The fourth-order valence-corrected chi connectivity index (χ4v) is 3.79. The Morgan fingerprint density at radius 3 is 2.26 bits per heavy atom. The molecule has 6 nitrogen and oxygen atoms in total. The number of aromatic nitrogens is 1. The minimum absolute atomic E-state index is 0.0125. The average Bonchev–Trinajstić information content (AvgIpc) is 2.81. The van der Waals surface area contributed by atoms with Gasteiger partial charge < -0.3 is 14.9 Å². The van der Waals surface area contributed by atoms with Crippen LogP contribution in [0.4, 0.5) is 0 Å². The van der Waals surface area contributed by atoms with E-state index < -0.39 is 0 Å². The third-order valence-electron chi connectivity index (χ3n) is 5.52. The third kappa shape index (κ3) is 5.09. The molecule has 1 N–H and O–H groups in total. The van der Waals surface area contributed by atoms with E-state index in [4.69, 9.17) is 0 Å². The Morgan fingerprint density at radius 1 is 0.839 bits per heavy atom. The molecule has 1 fully saturated rings. The highest BCUT2D eigenvalue weighted by Gasteiger charge is 2.26. The lowest BCUT2D eigenvalue weighted by Crippen LogP contribution is -2.51. The van der Waals surface area contributed by atoms with Crippen molar-refractivity contribution in [2.24, 2.45) is 0 Å². The van der Waals surface area contributed by atoms with Crippen LogP contribution in [0.3, 0.4) is 0 Å². The quantitative estimate of drug-likeness (QED) is 0.695. The molecule has 1 aliphatic rings. The monoisotopic (exact) mass is 415 g/mol. The molecule has 0 unspecified atom stereocenters. The van der Waals surface area contributed by atoms with Gasteiger partial charge in [0.1, 0.15) is 5.75 Å². The highest BCUT2D eigenvalue weighted by molar-refractivity contribution is 5.97. The molecule has 158 valence electrons. The fraction of sp³-hybridized carbons (Fsp3) is 0.240. The largest absolute Gasteiger partial charge is 0.507 e. The average molecular weight is 415 g/mol. The van der Waals surface area contributed by atoms with E-state index >= 15 is 0 Å². The Bertz CT molecular complexity index is 1050. The first-order chi connectivity index (χ1) is 15.1. The molecule has 4 rings (SSSR count). The van der Waals surface area contributed by atoms with E-state index in [1.165, 1.54) is 0 Å². The number of carbonyl (C=O) groups excluding carboxylic acids is 2. The number of hydrogen-bond donors (Lipinski definition) is 1. The number of benzene rings is 2. The SMILES string of the molecule is O=C(Cc1ccccn1)N1CCN(C(=O)c2cc(Cc3ccccc3)ccc2O)CC1. The van der Waals surface area contributed by atoms with Gasteiger partial charge in [-0.25, -0.2) is 0 Å². The summed E-state index contributed by atoms with van der Waals surface area (Å²) in [6, 6.07) is 20.7. The van der Waals surface area contributed by atoms with E-state index in [1.54, 1.807) is 28.1 Å². The summed E-state index contributed by atoms with van der Waals surface area (Å²) in [6.45, 7) is 1.83. The molecule has 0 bridgehead atoms. The van der Waals surface area contributed by atoms with Gasteiger partial charge in [0, 0.05) is 38.1 Å². The summed E-state index contributed by atoms with van der Waals surface area (Å²) in [6.07, 6.45) is 2.63. The standard InChI is InChI=1S/C25H25N3O3/c29-23-10-9-20(16-19-6-2-1-3-7-19)17-22(23)25(31)28-14-12-27(13-15-28)24(30)18-21-8-4-5-11-26-21/h1-11,17,29H,12-16,18H2. The molecule has 2 amide bonds.